The lowest BCUT2D eigenvalue weighted by Crippen LogP contribution is -2.29. The van der Waals surface area contributed by atoms with Crippen LogP contribution in [0.1, 0.15) is 10.5 Å². The van der Waals surface area contributed by atoms with Gasteiger partial charge in [-0.05, 0) is 12.1 Å². The van der Waals surface area contributed by atoms with Gasteiger partial charge in [0.2, 0.25) is 0 Å². The molecule has 122 valence electrons. The van der Waals surface area contributed by atoms with Crippen LogP contribution in [0.25, 0.3) is 10.9 Å². The fourth-order valence-electron chi connectivity index (χ4n) is 2.38. The second-order valence-corrected chi connectivity index (χ2v) is 5.07. The number of benzene rings is 2. The Morgan fingerprint density at radius 2 is 1.88 bits per heavy atom. The normalized spacial score (nSPS) is 10.5. The van der Waals surface area contributed by atoms with Gasteiger partial charge >= 0.3 is 0 Å². The summed E-state index contributed by atoms with van der Waals surface area (Å²) >= 11 is 0. The molecular weight excluding hydrogens is 310 g/mol. The van der Waals surface area contributed by atoms with E-state index in [9.17, 15) is 14.9 Å². The van der Waals surface area contributed by atoms with Gasteiger partial charge in [0, 0.05) is 24.5 Å². The van der Waals surface area contributed by atoms with E-state index < -0.39 is 4.92 Å². The second-order valence-electron chi connectivity index (χ2n) is 5.07. The first-order chi connectivity index (χ1) is 11.7. The molecule has 0 spiro atoms. The Bertz CT molecular complexity index is 890. The van der Waals surface area contributed by atoms with Crippen molar-refractivity contribution in [3.05, 3.63) is 64.3 Å². The van der Waals surface area contributed by atoms with Crippen molar-refractivity contribution in [2.75, 3.05) is 18.4 Å². The lowest BCUT2D eigenvalue weighted by molar-refractivity contribution is -0.384. The predicted molar refractivity (Wildman–Crippen MR) is 90.0 cm³/mol. The molecule has 1 aromatic heterocycles. The molecule has 0 unspecified atom stereocenters. The lowest BCUT2D eigenvalue weighted by atomic mass is 10.2. The summed E-state index contributed by atoms with van der Waals surface area (Å²) in [5.41, 5.74) is 1.54. The second kappa shape index (κ2) is 6.78. The largest absolute Gasteiger partial charge is 0.378 e. The summed E-state index contributed by atoms with van der Waals surface area (Å²) in [4.78, 5) is 22.7. The summed E-state index contributed by atoms with van der Waals surface area (Å²) < 4.78 is 0. The Balaban J connectivity index is 1.57. The number of nitrogens with zero attached hydrogens (tertiary/aromatic N) is 2. The van der Waals surface area contributed by atoms with Gasteiger partial charge in [-0.1, -0.05) is 30.3 Å². The van der Waals surface area contributed by atoms with Crippen LogP contribution in [0.2, 0.25) is 0 Å². The van der Waals surface area contributed by atoms with Crippen molar-refractivity contribution in [1.82, 2.24) is 15.5 Å². The molecule has 0 saturated heterocycles. The summed E-state index contributed by atoms with van der Waals surface area (Å²) in [6.45, 7) is 0.672. The number of H-pyrrole nitrogens is 1. The van der Waals surface area contributed by atoms with Gasteiger partial charge in [0.25, 0.3) is 11.6 Å². The number of hydrogen-bond donors (Lipinski definition) is 3. The quantitative estimate of drug-likeness (QED) is 0.366. The molecule has 1 amide bonds. The zero-order chi connectivity index (χ0) is 16.9. The third-order valence-corrected chi connectivity index (χ3v) is 3.51. The first-order valence-electron chi connectivity index (χ1n) is 7.35. The van der Waals surface area contributed by atoms with Gasteiger partial charge in [-0.3, -0.25) is 20.0 Å². The van der Waals surface area contributed by atoms with E-state index in [-0.39, 0.29) is 11.6 Å². The first-order valence-corrected chi connectivity index (χ1v) is 7.35. The number of anilines is 1. The molecule has 0 fully saturated rings. The molecule has 0 aliphatic carbocycles. The SMILES string of the molecule is O=C(NCCNc1ccccc1[N+](=O)[O-])c1n[nH]c2ccccc12. The Morgan fingerprint density at radius 3 is 2.71 bits per heavy atom. The number of carbonyl (C=O) groups is 1. The number of nitro groups is 1. The lowest BCUT2D eigenvalue weighted by Gasteiger charge is -2.07. The number of hydrogen-bond acceptors (Lipinski definition) is 5. The van der Waals surface area contributed by atoms with Gasteiger partial charge in [0.05, 0.1) is 10.4 Å². The van der Waals surface area contributed by atoms with Gasteiger partial charge in [-0.25, -0.2) is 0 Å². The third-order valence-electron chi connectivity index (χ3n) is 3.51. The highest BCUT2D eigenvalue weighted by atomic mass is 16.6. The summed E-state index contributed by atoms with van der Waals surface area (Å²) in [5.74, 6) is -0.295. The van der Waals surface area contributed by atoms with Crippen molar-refractivity contribution >= 4 is 28.2 Å². The molecule has 3 rings (SSSR count). The number of nitrogens with one attached hydrogen (secondary N) is 3. The van der Waals surface area contributed by atoms with Crippen molar-refractivity contribution < 1.29 is 9.72 Å². The standard InChI is InChI=1S/C16H15N5O3/c22-16(15-11-5-1-2-6-12(11)19-20-15)18-10-9-17-13-7-3-4-8-14(13)21(23)24/h1-8,17H,9-10H2,(H,18,22)(H,19,20). The molecule has 8 heteroatoms. The fraction of sp³-hybridized carbons (Fsp3) is 0.125. The Morgan fingerprint density at radius 1 is 1.12 bits per heavy atom. The monoisotopic (exact) mass is 325 g/mol. The molecule has 0 aliphatic heterocycles. The highest BCUT2D eigenvalue weighted by Gasteiger charge is 2.14. The minimum atomic E-state index is -0.448. The average molecular weight is 325 g/mol. The van der Waals surface area contributed by atoms with Gasteiger partial charge in [0.1, 0.15) is 5.69 Å². The minimum Gasteiger partial charge on any atom is -0.378 e. The number of fused-ring (bicyclic) bond motifs is 1. The molecule has 3 N–H and O–H groups in total. The zero-order valence-corrected chi connectivity index (χ0v) is 12.7. The average Bonchev–Trinajstić information content (AvgIpc) is 3.03. The number of para-hydroxylation sites is 3. The number of aromatic amines is 1. The van der Waals surface area contributed by atoms with Crippen LogP contribution in [0.5, 0.6) is 0 Å². The van der Waals surface area contributed by atoms with E-state index >= 15 is 0 Å². The molecule has 2 aromatic carbocycles. The van der Waals surface area contributed by atoms with Crippen LogP contribution in [0.15, 0.2) is 48.5 Å². The first kappa shape index (κ1) is 15.5. The summed E-state index contributed by atoms with van der Waals surface area (Å²) in [6, 6.07) is 13.7. The van der Waals surface area contributed by atoms with Crippen molar-refractivity contribution in [3.63, 3.8) is 0 Å². The van der Waals surface area contributed by atoms with E-state index in [2.05, 4.69) is 20.8 Å². The zero-order valence-electron chi connectivity index (χ0n) is 12.7. The van der Waals surface area contributed by atoms with E-state index in [1.165, 1.54) is 6.07 Å². The van der Waals surface area contributed by atoms with Crippen LogP contribution >= 0.6 is 0 Å². The smallest absolute Gasteiger partial charge is 0.292 e. The molecule has 0 saturated carbocycles. The van der Waals surface area contributed by atoms with Crippen LogP contribution in [-0.4, -0.2) is 34.1 Å². The maximum absolute atomic E-state index is 12.2. The molecule has 0 bridgehead atoms. The molecule has 0 radical (unpaired) electrons. The molecule has 1 heterocycles. The summed E-state index contributed by atoms with van der Waals surface area (Å²) in [5, 5.41) is 24.2. The highest BCUT2D eigenvalue weighted by molar-refractivity contribution is 6.04. The van der Waals surface area contributed by atoms with Gasteiger partial charge in [-0.15, -0.1) is 0 Å². The van der Waals surface area contributed by atoms with Crippen molar-refractivity contribution in [1.29, 1.82) is 0 Å². The summed E-state index contributed by atoms with van der Waals surface area (Å²) in [6.07, 6.45) is 0. The maximum Gasteiger partial charge on any atom is 0.292 e. The van der Waals surface area contributed by atoms with Crippen LogP contribution < -0.4 is 10.6 Å². The summed E-state index contributed by atoms with van der Waals surface area (Å²) in [7, 11) is 0. The third kappa shape index (κ3) is 3.17. The highest BCUT2D eigenvalue weighted by Crippen LogP contribution is 2.22. The number of aromatic nitrogens is 2. The molecular formula is C16H15N5O3. The van der Waals surface area contributed by atoms with E-state index in [1.807, 2.05) is 24.3 Å². The van der Waals surface area contributed by atoms with Crippen molar-refractivity contribution in [3.8, 4) is 0 Å². The van der Waals surface area contributed by atoms with E-state index in [0.717, 1.165) is 10.9 Å². The fourth-order valence-corrected chi connectivity index (χ4v) is 2.38. The van der Waals surface area contributed by atoms with Crippen LogP contribution in [0, 0.1) is 10.1 Å². The number of nitro benzene ring substituents is 1. The molecule has 3 aromatic rings. The molecule has 0 aliphatic rings. The van der Waals surface area contributed by atoms with E-state index in [1.54, 1.807) is 18.2 Å². The maximum atomic E-state index is 12.2. The molecule has 0 atom stereocenters. The Kier molecular flexibility index (Phi) is 4.37. The van der Waals surface area contributed by atoms with E-state index in [4.69, 9.17) is 0 Å². The van der Waals surface area contributed by atoms with Gasteiger partial charge < -0.3 is 10.6 Å². The predicted octanol–water partition coefficient (Wildman–Crippen LogP) is 2.31. The van der Waals surface area contributed by atoms with Gasteiger partial charge in [0.15, 0.2) is 5.69 Å². The van der Waals surface area contributed by atoms with Crippen LogP contribution in [0.4, 0.5) is 11.4 Å². The number of carbonyl (C=O) groups excluding carboxylic acids is 1. The Hall–Kier alpha value is -3.42. The molecule has 8 nitrogen and oxygen atoms in total. The topological polar surface area (TPSA) is 113 Å². The van der Waals surface area contributed by atoms with Gasteiger partial charge in [-0.2, -0.15) is 5.10 Å². The Labute approximate surface area is 137 Å². The number of amides is 1. The number of rotatable bonds is 6. The molecule has 24 heavy (non-hydrogen) atoms. The van der Waals surface area contributed by atoms with Crippen LogP contribution in [-0.2, 0) is 0 Å². The van der Waals surface area contributed by atoms with E-state index in [0.29, 0.717) is 24.5 Å². The minimum absolute atomic E-state index is 0.00196. The van der Waals surface area contributed by atoms with Crippen molar-refractivity contribution in [2.45, 2.75) is 0 Å². The van der Waals surface area contributed by atoms with Crippen molar-refractivity contribution in [2.24, 2.45) is 0 Å². The van der Waals surface area contributed by atoms with Crippen LogP contribution in [0.3, 0.4) is 0 Å².